The standard InChI is InChI=1S/C19H18N4O2/c1-4-19-13(3)18(11-22,16(23)25-19)17(9-20,10-21)15(24-19)14-7-5-12(2)6-8-14/h5-8,13,15,23H,4H2,1-3H3/t13-,15+,18+,19-/m1/s1. The van der Waals surface area contributed by atoms with Crippen molar-refractivity contribution in [3.63, 3.8) is 0 Å². The van der Waals surface area contributed by atoms with Gasteiger partial charge in [0.15, 0.2) is 5.41 Å². The van der Waals surface area contributed by atoms with Gasteiger partial charge in [0.05, 0.1) is 24.1 Å². The molecular formula is C19H18N4O2. The van der Waals surface area contributed by atoms with Crippen LogP contribution in [0.1, 0.15) is 37.5 Å². The smallest absolute Gasteiger partial charge is 0.217 e. The minimum Gasteiger partial charge on any atom is -0.447 e. The molecule has 0 aliphatic carbocycles. The Morgan fingerprint density at radius 2 is 1.72 bits per heavy atom. The minimum absolute atomic E-state index is 0.359. The second-order valence-corrected chi connectivity index (χ2v) is 6.68. The molecule has 3 rings (SSSR count). The van der Waals surface area contributed by atoms with Crippen LogP contribution in [0.3, 0.4) is 0 Å². The molecule has 2 saturated heterocycles. The number of ether oxygens (including phenoxy) is 2. The van der Waals surface area contributed by atoms with Gasteiger partial charge < -0.3 is 9.47 Å². The van der Waals surface area contributed by atoms with Crippen LogP contribution < -0.4 is 0 Å². The molecule has 2 fully saturated rings. The molecule has 1 N–H and O–H groups in total. The predicted molar refractivity (Wildman–Crippen MR) is 87.7 cm³/mol. The zero-order valence-corrected chi connectivity index (χ0v) is 14.3. The highest BCUT2D eigenvalue weighted by Crippen LogP contribution is 2.66. The van der Waals surface area contributed by atoms with Crippen molar-refractivity contribution in [1.82, 2.24) is 0 Å². The van der Waals surface area contributed by atoms with E-state index in [1.54, 1.807) is 19.1 Å². The molecule has 0 radical (unpaired) electrons. The molecule has 2 heterocycles. The molecule has 6 nitrogen and oxygen atoms in total. The fourth-order valence-corrected chi connectivity index (χ4v) is 4.08. The molecule has 2 aliphatic heterocycles. The van der Waals surface area contributed by atoms with E-state index in [9.17, 15) is 15.8 Å². The Kier molecular flexibility index (Phi) is 3.60. The van der Waals surface area contributed by atoms with Gasteiger partial charge in [0.2, 0.25) is 17.1 Å². The lowest BCUT2D eigenvalue weighted by Gasteiger charge is -2.48. The van der Waals surface area contributed by atoms with Gasteiger partial charge in [-0.2, -0.15) is 15.8 Å². The van der Waals surface area contributed by atoms with Crippen LogP contribution in [0.25, 0.3) is 0 Å². The summed E-state index contributed by atoms with van der Waals surface area (Å²) in [6, 6.07) is 13.4. The molecule has 0 unspecified atom stereocenters. The number of aryl methyl sites for hydroxylation is 1. The van der Waals surface area contributed by atoms with E-state index in [0.717, 1.165) is 5.56 Å². The molecule has 126 valence electrons. The van der Waals surface area contributed by atoms with Crippen molar-refractivity contribution < 1.29 is 9.47 Å². The molecule has 0 amide bonds. The van der Waals surface area contributed by atoms with Gasteiger partial charge in [0.25, 0.3) is 0 Å². The van der Waals surface area contributed by atoms with Gasteiger partial charge in [-0.3, -0.25) is 5.41 Å². The van der Waals surface area contributed by atoms with Crippen molar-refractivity contribution in [3.05, 3.63) is 35.4 Å². The van der Waals surface area contributed by atoms with Crippen molar-refractivity contribution in [2.75, 3.05) is 0 Å². The SMILES string of the molecule is CC[C@@]12OC(=N)[C@](C#N)([C@H]1C)C(C#N)(C#N)[C@H](c1ccc(C)cc1)O2. The quantitative estimate of drug-likeness (QED) is 0.890. The first kappa shape index (κ1) is 17.0. The summed E-state index contributed by atoms with van der Waals surface area (Å²) in [4.78, 5) is 0. The Morgan fingerprint density at radius 3 is 2.20 bits per heavy atom. The number of nitrogens with one attached hydrogen (secondary N) is 1. The van der Waals surface area contributed by atoms with Crippen LogP contribution in [0, 0.1) is 63.1 Å². The third kappa shape index (κ3) is 1.77. The van der Waals surface area contributed by atoms with Gasteiger partial charge in [0, 0.05) is 6.42 Å². The highest BCUT2D eigenvalue weighted by molar-refractivity contribution is 5.89. The van der Waals surface area contributed by atoms with Crippen LogP contribution in [0.15, 0.2) is 24.3 Å². The van der Waals surface area contributed by atoms with Gasteiger partial charge >= 0.3 is 0 Å². The fraction of sp³-hybridized carbons (Fsp3) is 0.474. The Balaban J connectivity index is 2.32. The summed E-state index contributed by atoms with van der Waals surface area (Å²) >= 11 is 0. The van der Waals surface area contributed by atoms with Gasteiger partial charge in [-0.25, -0.2) is 0 Å². The van der Waals surface area contributed by atoms with E-state index in [4.69, 9.17) is 14.9 Å². The largest absolute Gasteiger partial charge is 0.447 e. The molecule has 2 aliphatic rings. The van der Waals surface area contributed by atoms with Gasteiger partial charge in [0.1, 0.15) is 6.10 Å². The van der Waals surface area contributed by atoms with Gasteiger partial charge in [-0.05, 0) is 12.5 Å². The van der Waals surface area contributed by atoms with Crippen LogP contribution >= 0.6 is 0 Å². The second kappa shape index (κ2) is 5.31. The van der Waals surface area contributed by atoms with E-state index in [-0.39, 0.29) is 5.90 Å². The number of rotatable bonds is 2. The van der Waals surface area contributed by atoms with E-state index >= 15 is 0 Å². The van der Waals surface area contributed by atoms with Crippen molar-refractivity contribution in [1.29, 1.82) is 21.2 Å². The molecule has 0 saturated carbocycles. The average molecular weight is 334 g/mol. The van der Waals surface area contributed by atoms with E-state index in [1.165, 1.54) is 0 Å². The van der Waals surface area contributed by atoms with Crippen molar-refractivity contribution in [2.45, 2.75) is 39.1 Å². The van der Waals surface area contributed by atoms with Gasteiger partial charge in [-0.15, -0.1) is 0 Å². The number of benzene rings is 1. The lowest BCUT2D eigenvalue weighted by molar-refractivity contribution is -0.280. The maximum absolute atomic E-state index is 10.00. The highest BCUT2D eigenvalue weighted by atomic mass is 16.7. The number of fused-ring (bicyclic) bond motifs is 2. The molecule has 1 aromatic rings. The molecule has 2 bridgehead atoms. The zero-order chi connectivity index (χ0) is 18.5. The number of nitriles is 3. The normalized spacial score (nSPS) is 35.1. The van der Waals surface area contributed by atoms with E-state index in [1.807, 2.05) is 38.1 Å². The third-order valence-electron chi connectivity index (χ3n) is 5.68. The number of hydrogen-bond acceptors (Lipinski definition) is 6. The number of nitrogens with zero attached hydrogens (tertiary/aromatic N) is 3. The minimum atomic E-state index is -1.87. The summed E-state index contributed by atoms with van der Waals surface area (Å²) in [5, 5.41) is 38.3. The van der Waals surface area contributed by atoms with Crippen LogP contribution in [-0.4, -0.2) is 11.7 Å². The van der Waals surface area contributed by atoms with Crippen LogP contribution in [-0.2, 0) is 9.47 Å². The first-order valence-corrected chi connectivity index (χ1v) is 8.13. The summed E-state index contributed by atoms with van der Waals surface area (Å²) in [5.41, 5.74) is -1.90. The topological polar surface area (TPSA) is 114 Å². The third-order valence-corrected chi connectivity index (χ3v) is 5.68. The van der Waals surface area contributed by atoms with Crippen molar-refractivity contribution >= 4 is 5.90 Å². The maximum atomic E-state index is 10.00. The average Bonchev–Trinajstić information content (AvgIpc) is 2.79. The molecule has 6 heteroatoms. The second-order valence-electron chi connectivity index (χ2n) is 6.68. The fourth-order valence-electron chi connectivity index (χ4n) is 4.08. The van der Waals surface area contributed by atoms with E-state index < -0.39 is 28.6 Å². The van der Waals surface area contributed by atoms with Crippen LogP contribution in [0.2, 0.25) is 0 Å². The Hall–Kier alpha value is -2.88. The van der Waals surface area contributed by atoms with E-state index in [2.05, 4.69) is 6.07 Å². The lowest BCUT2D eigenvalue weighted by Crippen LogP contribution is -2.58. The number of hydrogen-bond donors (Lipinski definition) is 1. The summed E-state index contributed by atoms with van der Waals surface area (Å²) in [6.45, 7) is 5.49. The van der Waals surface area contributed by atoms with Crippen molar-refractivity contribution in [3.8, 4) is 18.2 Å². The monoisotopic (exact) mass is 334 g/mol. The molecule has 1 aromatic carbocycles. The Labute approximate surface area is 146 Å². The zero-order valence-electron chi connectivity index (χ0n) is 14.3. The van der Waals surface area contributed by atoms with Crippen molar-refractivity contribution in [2.24, 2.45) is 16.7 Å². The van der Waals surface area contributed by atoms with Gasteiger partial charge in [-0.1, -0.05) is 43.7 Å². The molecule has 25 heavy (non-hydrogen) atoms. The molecular weight excluding hydrogens is 316 g/mol. The molecule has 0 spiro atoms. The Bertz CT molecular complexity index is 843. The van der Waals surface area contributed by atoms with E-state index in [0.29, 0.717) is 12.0 Å². The summed E-state index contributed by atoms with van der Waals surface area (Å²) in [7, 11) is 0. The maximum Gasteiger partial charge on any atom is 0.217 e. The predicted octanol–water partition coefficient (Wildman–Crippen LogP) is 3.36. The first-order valence-electron chi connectivity index (χ1n) is 8.13. The van der Waals surface area contributed by atoms with Crippen LogP contribution in [0.4, 0.5) is 0 Å². The highest BCUT2D eigenvalue weighted by Gasteiger charge is 2.78. The summed E-state index contributed by atoms with van der Waals surface area (Å²) in [5.74, 6) is -2.18. The van der Waals surface area contributed by atoms with Crippen LogP contribution in [0.5, 0.6) is 0 Å². The molecule has 0 aromatic heterocycles. The summed E-state index contributed by atoms with van der Waals surface area (Å²) in [6.07, 6.45) is -0.586. The Morgan fingerprint density at radius 1 is 1.12 bits per heavy atom. The lowest BCUT2D eigenvalue weighted by atomic mass is 9.53. The summed E-state index contributed by atoms with van der Waals surface area (Å²) < 4.78 is 11.9. The molecule has 4 atom stereocenters. The first-order chi connectivity index (χ1) is 11.9.